The molecule has 0 aromatic heterocycles. The van der Waals surface area contributed by atoms with Gasteiger partial charge in [0.2, 0.25) is 5.91 Å². The van der Waals surface area contributed by atoms with Gasteiger partial charge in [-0.2, -0.15) is 0 Å². The van der Waals surface area contributed by atoms with Gasteiger partial charge in [0.25, 0.3) is 0 Å². The van der Waals surface area contributed by atoms with Gasteiger partial charge in [-0.1, -0.05) is 5.92 Å². The summed E-state index contributed by atoms with van der Waals surface area (Å²) in [6.07, 6.45) is -3.61. The quantitative estimate of drug-likeness (QED) is 0.534. The topological polar surface area (TPSA) is 108 Å². The van der Waals surface area contributed by atoms with Crippen molar-refractivity contribution in [3.8, 4) is 11.8 Å². The van der Waals surface area contributed by atoms with E-state index >= 15 is 0 Å². The lowest BCUT2D eigenvalue weighted by Gasteiger charge is -2.35. The van der Waals surface area contributed by atoms with Crippen LogP contribution in [0.25, 0.3) is 0 Å². The number of ether oxygens (including phenoxy) is 2. The highest BCUT2D eigenvalue weighted by molar-refractivity contribution is 5.99. The van der Waals surface area contributed by atoms with Crippen LogP contribution in [0.2, 0.25) is 0 Å². The number of hydrogen-bond acceptors (Lipinski definition) is 6. The molecule has 2 rings (SSSR count). The number of carbonyl (C=O) groups excluding carboxylic acids is 2. The number of methoxy groups -OCH3 is 1. The molecule has 3 amide bonds. The van der Waals surface area contributed by atoms with Crippen molar-refractivity contribution in [1.82, 2.24) is 10.2 Å². The van der Waals surface area contributed by atoms with Gasteiger partial charge in [0.1, 0.15) is 24.2 Å². The van der Waals surface area contributed by atoms with Crippen molar-refractivity contribution < 1.29 is 29.3 Å². The van der Waals surface area contributed by atoms with E-state index in [4.69, 9.17) is 9.47 Å². The highest BCUT2D eigenvalue weighted by atomic mass is 16.6. The number of amides is 3. The molecule has 21 heavy (non-hydrogen) atoms. The first-order valence-electron chi connectivity index (χ1n) is 6.54. The molecule has 0 radical (unpaired) electrons. The third-order valence-corrected chi connectivity index (χ3v) is 3.58. The van der Waals surface area contributed by atoms with Crippen molar-refractivity contribution in [3.05, 3.63) is 0 Å². The number of aliphatic hydroxyl groups excluding tert-OH is 2. The molecule has 2 aliphatic rings. The predicted molar refractivity (Wildman–Crippen MR) is 69.7 cm³/mol. The number of aliphatic hydroxyl groups is 2. The van der Waals surface area contributed by atoms with Crippen LogP contribution in [0.5, 0.6) is 0 Å². The molecular weight excluding hydrogens is 280 g/mol. The summed E-state index contributed by atoms with van der Waals surface area (Å²) in [4.78, 5) is 24.9. The van der Waals surface area contributed by atoms with E-state index in [2.05, 4.69) is 17.2 Å². The molecule has 116 valence electrons. The van der Waals surface area contributed by atoms with E-state index in [-0.39, 0.29) is 6.54 Å². The maximum Gasteiger partial charge on any atom is 0.326 e. The third-order valence-electron chi connectivity index (χ3n) is 3.58. The summed E-state index contributed by atoms with van der Waals surface area (Å²) < 4.78 is 10.6. The summed E-state index contributed by atoms with van der Waals surface area (Å²) in [6.45, 7) is 1.24. The normalized spacial score (nSPS) is 36.2. The van der Waals surface area contributed by atoms with Crippen molar-refractivity contribution in [1.29, 1.82) is 0 Å². The Balaban J connectivity index is 2.20. The molecule has 2 saturated heterocycles. The summed E-state index contributed by atoms with van der Waals surface area (Å²) in [5.41, 5.74) is 0. The largest absolute Gasteiger partial charge is 0.394 e. The summed E-state index contributed by atoms with van der Waals surface area (Å²) in [6, 6.07) is -0.632. The first-order valence-corrected chi connectivity index (χ1v) is 6.54. The van der Waals surface area contributed by atoms with Crippen molar-refractivity contribution in [2.45, 2.75) is 31.5 Å². The zero-order chi connectivity index (χ0) is 15.6. The van der Waals surface area contributed by atoms with Crippen LogP contribution in [-0.4, -0.2) is 71.9 Å². The fourth-order valence-electron chi connectivity index (χ4n) is 2.51. The Kier molecular flexibility index (Phi) is 4.80. The lowest BCUT2D eigenvalue weighted by atomic mass is 10.1. The smallest absolute Gasteiger partial charge is 0.326 e. The highest BCUT2D eigenvalue weighted by Gasteiger charge is 2.49. The van der Waals surface area contributed by atoms with E-state index in [1.807, 2.05) is 0 Å². The molecule has 8 nitrogen and oxygen atoms in total. The average molecular weight is 298 g/mol. The molecule has 0 bridgehead atoms. The summed E-state index contributed by atoms with van der Waals surface area (Å²) in [5, 5.41) is 21.4. The lowest BCUT2D eigenvalue weighted by Crippen LogP contribution is -2.60. The minimum Gasteiger partial charge on any atom is -0.394 e. The third kappa shape index (κ3) is 2.87. The van der Waals surface area contributed by atoms with Crippen LogP contribution in [0.15, 0.2) is 0 Å². The first-order chi connectivity index (χ1) is 10.0. The van der Waals surface area contributed by atoms with Crippen LogP contribution in [0, 0.1) is 17.8 Å². The van der Waals surface area contributed by atoms with Crippen LogP contribution in [0.4, 0.5) is 4.79 Å². The predicted octanol–water partition coefficient (Wildman–Crippen LogP) is -1.73. The van der Waals surface area contributed by atoms with Gasteiger partial charge >= 0.3 is 6.03 Å². The number of urea groups is 1. The van der Waals surface area contributed by atoms with Gasteiger partial charge in [0.05, 0.1) is 6.61 Å². The Morgan fingerprint density at radius 1 is 1.52 bits per heavy atom. The first kappa shape index (κ1) is 15.7. The molecule has 5 atom stereocenters. The summed E-state index contributed by atoms with van der Waals surface area (Å²) in [7, 11) is 1.38. The van der Waals surface area contributed by atoms with Gasteiger partial charge in [-0.05, 0) is 6.92 Å². The molecule has 3 N–H and O–H groups in total. The molecule has 2 fully saturated rings. The van der Waals surface area contributed by atoms with E-state index in [0.717, 1.165) is 0 Å². The van der Waals surface area contributed by atoms with Gasteiger partial charge in [0, 0.05) is 13.7 Å². The van der Waals surface area contributed by atoms with E-state index < -0.39 is 49.0 Å². The Hall–Kier alpha value is -1.66. The zero-order valence-electron chi connectivity index (χ0n) is 11.8. The van der Waals surface area contributed by atoms with Crippen LogP contribution in [0.1, 0.15) is 6.92 Å². The molecule has 0 saturated carbocycles. The molecule has 0 aliphatic carbocycles. The molecule has 0 aromatic rings. The molecule has 1 unspecified atom stereocenters. The summed E-state index contributed by atoms with van der Waals surface area (Å²) >= 11 is 0. The van der Waals surface area contributed by atoms with Crippen molar-refractivity contribution >= 4 is 11.9 Å². The van der Waals surface area contributed by atoms with Crippen molar-refractivity contribution in [3.63, 3.8) is 0 Å². The van der Waals surface area contributed by atoms with E-state index in [1.165, 1.54) is 12.0 Å². The highest BCUT2D eigenvalue weighted by Crippen LogP contribution is 2.27. The standard InChI is InChI=1S/C13H18N2O6/c1-3-4-7-5-15(13(19)14-11(7)18)12-10(20-2)9(17)8(6-16)21-12/h7-10,12,16-17H,5-6H2,1-2H3,(H,14,18,19)/t7?,8-,9-,10-,12-/m1/s1. The van der Waals surface area contributed by atoms with E-state index in [9.17, 15) is 19.8 Å². The Bertz CT molecular complexity index is 485. The second-order valence-corrected chi connectivity index (χ2v) is 4.83. The number of nitrogens with zero attached hydrogens (tertiary/aromatic N) is 1. The van der Waals surface area contributed by atoms with Crippen molar-refractivity contribution in [2.24, 2.45) is 5.92 Å². The van der Waals surface area contributed by atoms with Gasteiger partial charge in [-0.15, -0.1) is 5.92 Å². The monoisotopic (exact) mass is 298 g/mol. The fourth-order valence-corrected chi connectivity index (χ4v) is 2.51. The van der Waals surface area contributed by atoms with Crippen LogP contribution in [-0.2, 0) is 14.3 Å². The Morgan fingerprint density at radius 2 is 2.24 bits per heavy atom. The summed E-state index contributed by atoms with van der Waals surface area (Å²) in [5.74, 6) is 4.22. The van der Waals surface area contributed by atoms with Gasteiger partial charge in [0.15, 0.2) is 6.23 Å². The number of carbonyl (C=O) groups is 2. The maximum absolute atomic E-state index is 12.0. The lowest BCUT2D eigenvalue weighted by molar-refractivity contribution is -0.129. The molecule has 8 heteroatoms. The number of imide groups is 1. The SMILES string of the molecule is CC#CC1CN([C@@H]2O[C@H](CO)[C@@H](O)[C@H]2OC)C(=O)NC1=O. The zero-order valence-corrected chi connectivity index (χ0v) is 11.8. The van der Waals surface area contributed by atoms with Crippen LogP contribution < -0.4 is 5.32 Å². The molecule has 2 aliphatic heterocycles. The second-order valence-electron chi connectivity index (χ2n) is 4.83. The molecule has 0 spiro atoms. The fraction of sp³-hybridized carbons (Fsp3) is 0.692. The average Bonchev–Trinajstić information content (AvgIpc) is 2.78. The maximum atomic E-state index is 12.0. The van der Waals surface area contributed by atoms with Gasteiger partial charge < -0.3 is 19.7 Å². The van der Waals surface area contributed by atoms with Gasteiger partial charge in [-0.3, -0.25) is 15.0 Å². The van der Waals surface area contributed by atoms with Gasteiger partial charge in [-0.25, -0.2) is 4.79 Å². The minimum absolute atomic E-state index is 0.0426. The van der Waals surface area contributed by atoms with E-state index in [1.54, 1.807) is 6.92 Å². The van der Waals surface area contributed by atoms with E-state index in [0.29, 0.717) is 0 Å². The Morgan fingerprint density at radius 3 is 2.81 bits per heavy atom. The van der Waals surface area contributed by atoms with Crippen molar-refractivity contribution in [2.75, 3.05) is 20.3 Å². The Labute approximate surface area is 122 Å². The number of hydrogen-bond donors (Lipinski definition) is 3. The second kappa shape index (κ2) is 6.41. The number of rotatable bonds is 3. The molecule has 2 heterocycles. The minimum atomic E-state index is -1.06. The van der Waals surface area contributed by atoms with Crippen LogP contribution >= 0.6 is 0 Å². The molecule has 0 aromatic carbocycles. The molecular formula is C13H18N2O6. The number of nitrogens with one attached hydrogen (secondary N) is 1. The van der Waals surface area contributed by atoms with Crippen LogP contribution in [0.3, 0.4) is 0 Å².